The smallest absolute Gasteiger partial charge is 0.416 e. The van der Waals surface area contributed by atoms with Gasteiger partial charge in [0.25, 0.3) is 5.91 Å². The maximum absolute atomic E-state index is 12.6. The summed E-state index contributed by atoms with van der Waals surface area (Å²) < 4.78 is 37.7. The van der Waals surface area contributed by atoms with Crippen LogP contribution in [0.2, 0.25) is 0 Å². The second-order valence-electron chi connectivity index (χ2n) is 4.22. The molecule has 0 radical (unpaired) electrons. The Balaban J connectivity index is 2.85. The van der Waals surface area contributed by atoms with Crippen LogP contribution in [-0.4, -0.2) is 35.0 Å². The van der Waals surface area contributed by atoms with Crippen molar-refractivity contribution < 1.29 is 27.9 Å². The number of alkyl halides is 3. The van der Waals surface area contributed by atoms with Crippen molar-refractivity contribution in [3.05, 3.63) is 35.4 Å². The standard InChI is InChI=1S/C13H14F3NO3S/c1-21-6-5-10(12(19)20)17-11(18)8-3-2-4-9(7-8)13(14,15)16/h2-4,7,10H,5-6H2,1H3,(H,17,18)(H,19,20)/t10-/m0/s1. The van der Waals surface area contributed by atoms with Gasteiger partial charge in [-0.1, -0.05) is 6.07 Å². The molecule has 0 aliphatic carbocycles. The van der Waals surface area contributed by atoms with E-state index in [9.17, 15) is 22.8 Å². The van der Waals surface area contributed by atoms with Crippen LogP contribution in [-0.2, 0) is 11.0 Å². The maximum atomic E-state index is 12.6. The summed E-state index contributed by atoms with van der Waals surface area (Å²) in [5.41, 5.74) is -1.17. The maximum Gasteiger partial charge on any atom is 0.416 e. The Hall–Kier alpha value is -1.70. The second kappa shape index (κ2) is 7.35. The number of carbonyl (C=O) groups is 2. The molecule has 0 saturated heterocycles. The van der Waals surface area contributed by atoms with E-state index in [-0.39, 0.29) is 12.0 Å². The van der Waals surface area contributed by atoms with E-state index >= 15 is 0 Å². The van der Waals surface area contributed by atoms with Gasteiger partial charge in [0.2, 0.25) is 0 Å². The lowest BCUT2D eigenvalue weighted by Crippen LogP contribution is -2.41. The summed E-state index contributed by atoms with van der Waals surface area (Å²) in [4.78, 5) is 22.8. The zero-order chi connectivity index (χ0) is 16.0. The van der Waals surface area contributed by atoms with Crippen LogP contribution in [0, 0.1) is 0 Å². The summed E-state index contributed by atoms with van der Waals surface area (Å²) in [6.45, 7) is 0. The lowest BCUT2D eigenvalue weighted by Gasteiger charge is -2.14. The van der Waals surface area contributed by atoms with Gasteiger partial charge in [0, 0.05) is 5.56 Å². The Bertz CT molecular complexity index is 520. The number of benzene rings is 1. The van der Waals surface area contributed by atoms with Gasteiger partial charge in [0.1, 0.15) is 6.04 Å². The quantitative estimate of drug-likeness (QED) is 0.845. The van der Waals surface area contributed by atoms with Gasteiger partial charge in [-0.05, 0) is 36.6 Å². The molecule has 21 heavy (non-hydrogen) atoms. The van der Waals surface area contributed by atoms with E-state index in [0.29, 0.717) is 11.8 Å². The first-order valence-corrected chi connectivity index (χ1v) is 7.35. The molecule has 1 aromatic carbocycles. The molecule has 0 spiro atoms. The van der Waals surface area contributed by atoms with Crippen molar-refractivity contribution in [1.82, 2.24) is 5.32 Å². The predicted molar refractivity (Wildman–Crippen MR) is 73.3 cm³/mol. The number of amides is 1. The fourth-order valence-electron chi connectivity index (χ4n) is 1.57. The van der Waals surface area contributed by atoms with E-state index in [0.717, 1.165) is 12.1 Å². The van der Waals surface area contributed by atoms with Crippen molar-refractivity contribution >= 4 is 23.6 Å². The molecule has 0 aliphatic rings. The van der Waals surface area contributed by atoms with Crippen LogP contribution >= 0.6 is 11.8 Å². The van der Waals surface area contributed by atoms with Crippen LogP contribution in [0.25, 0.3) is 0 Å². The highest BCUT2D eigenvalue weighted by Crippen LogP contribution is 2.29. The summed E-state index contributed by atoms with van der Waals surface area (Å²) in [5.74, 6) is -1.54. The normalized spacial score (nSPS) is 12.8. The Morgan fingerprint density at radius 1 is 1.38 bits per heavy atom. The zero-order valence-corrected chi connectivity index (χ0v) is 11.9. The van der Waals surface area contributed by atoms with Crippen molar-refractivity contribution in [2.75, 3.05) is 12.0 Å². The second-order valence-corrected chi connectivity index (χ2v) is 5.21. The number of carbonyl (C=O) groups excluding carboxylic acids is 1. The highest BCUT2D eigenvalue weighted by Gasteiger charge is 2.31. The number of thioether (sulfide) groups is 1. The number of halogens is 3. The van der Waals surface area contributed by atoms with Gasteiger partial charge >= 0.3 is 12.1 Å². The minimum Gasteiger partial charge on any atom is -0.480 e. The van der Waals surface area contributed by atoms with E-state index in [1.54, 1.807) is 6.26 Å². The molecule has 0 unspecified atom stereocenters. The van der Waals surface area contributed by atoms with E-state index < -0.39 is 29.7 Å². The summed E-state index contributed by atoms with van der Waals surface area (Å²) in [7, 11) is 0. The van der Waals surface area contributed by atoms with Gasteiger partial charge in [-0.25, -0.2) is 4.79 Å². The Kier molecular flexibility index (Phi) is 6.07. The van der Waals surface area contributed by atoms with Gasteiger partial charge in [-0.3, -0.25) is 4.79 Å². The van der Waals surface area contributed by atoms with Crippen molar-refractivity contribution in [1.29, 1.82) is 0 Å². The Morgan fingerprint density at radius 3 is 2.57 bits per heavy atom. The lowest BCUT2D eigenvalue weighted by atomic mass is 10.1. The SMILES string of the molecule is CSCC[C@H](NC(=O)c1cccc(C(F)(F)F)c1)C(=O)O. The van der Waals surface area contributed by atoms with E-state index in [1.807, 2.05) is 0 Å². The van der Waals surface area contributed by atoms with Crippen LogP contribution < -0.4 is 5.32 Å². The van der Waals surface area contributed by atoms with E-state index in [2.05, 4.69) is 5.32 Å². The van der Waals surface area contributed by atoms with Crippen LogP contribution in [0.1, 0.15) is 22.3 Å². The highest BCUT2D eigenvalue weighted by molar-refractivity contribution is 7.98. The number of carboxylic acid groups (broad SMARTS) is 1. The minimum atomic E-state index is -4.55. The monoisotopic (exact) mass is 321 g/mol. The third kappa shape index (κ3) is 5.30. The number of carboxylic acids is 1. The zero-order valence-electron chi connectivity index (χ0n) is 11.1. The molecule has 116 valence electrons. The average molecular weight is 321 g/mol. The fraction of sp³-hybridized carbons (Fsp3) is 0.385. The molecule has 4 nitrogen and oxygen atoms in total. The molecule has 1 aromatic rings. The van der Waals surface area contributed by atoms with Gasteiger partial charge in [-0.2, -0.15) is 24.9 Å². The first kappa shape index (κ1) is 17.4. The first-order valence-electron chi connectivity index (χ1n) is 5.95. The summed E-state index contributed by atoms with van der Waals surface area (Å²) >= 11 is 1.41. The molecule has 2 N–H and O–H groups in total. The molecule has 8 heteroatoms. The molecule has 0 aliphatic heterocycles. The van der Waals surface area contributed by atoms with Crippen LogP contribution in [0.4, 0.5) is 13.2 Å². The van der Waals surface area contributed by atoms with Crippen LogP contribution in [0.5, 0.6) is 0 Å². The predicted octanol–water partition coefficient (Wildman–Crippen LogP) is 2.64. The van der Waals surface area contributed by atoms with Gasteiger partial charge in [-0.15, -0.1) is 0 Å². The van der Waals surface area contributed by atoms with Gasteiger partial charge in [0.15, 0.2) is 0 Å². The topological polar surface area (TPSA) is 66.4 Å². The number of aliphatic carboxylic acids is 1. The number of hydrogen-bond acceptors (Lipinski definition) is 3. The summed E-state index contributed by atoms with van der Waals surface area (Å²) in [6.07, 6.45) is -2.57. The molecular formula is C13H14F3NO3S. The fourth-order valence-corrected chi connectivity index (χ4v) is 2.04. The number of nitrogens with one attached hydrogen (secondary N) is 1. The highest BCUT2D eigenvalue weighted by atomic mass is 32.2. The number of rotatable bonds is 6. The molecule has 1 amide bonds. The molecule has 0 saturated carbocycles. The van der Waals surface area contributed by atoms with Gasteiger partial charge < -0.3 is 10.4 Å². The molecule has 1 rings (SSSR count). The molecule has 1 atom stereocenters. The molecule has 0 fully saturated rings. The largest absolute Gasteiger partial charge is 0.480 e. The van der Waals surface area contributed by atoms with E-state index in [1.165, 1.54) is 17.8 Å². The molecule has 0 bridgehead atoms. The first-order chi connectivity index (χ1) is 9.75. The molecule has 0 heterocycles. The average Bonchev–Trinajstić information content (AvgIpc) is 2.42. The van der Waals surface area contributed by atoms with Gasteiger partial charge in [0.05, 0.1) is 5.56 Å². The van der Waals surface area contributed by atoms with Crippen molar-refractivity contribution in [2.24, 2.45) is 0 Å². The van der Waals surface area contributed by atoms with Crippen molar-refractivity contribution in [2.45, 2.75) is 18.6 Å². The summed E-state index contributed by atoms with van der Waals surface area (Å²) in [6, 6.07) is 2.73. The summed E-state index contributed by atoms with van der Waals surface area (Å²) in [5, 5.41) is 11.2. The van der Waals surface area contributed by atoms with Crippen LogP contribution in [0.3, 0.4) is 0 Å². The third-order valence-electron chi connectivity index (χ3n) is 2.67. The van der Waals surface area contributed by atoms with Crippen molar-refractivity contribution in [3.8, 4) is 0 Å². The molecule has 0 aromatic heterocycles. The Morgan fingerprint density at radius 2 is 2.05 bits per heavy atom. The minimum absolute atomic E-state index is 0.196. The number of hydrogen-bond donors (Lipinski definition) is 2. The third-order valence-corrected chi connectivity index (χ3v) is 3.31. The van der Waals surface area contributed by atoms with Crippen molar-refractivity contribution in [3.63, 3.8) is 0 Å². The van der Waals surface area contributed by atoms with Crippen LogP contribution in [0.15, 0.2) is 24.3 Å². The Labute approximate surface area is 123 Å². The molecular weight excluding hydrogens is 307 g/mol. The van der Waals surface area contributed by atoms with E-state index in [4.69, 9.17) is 5.11 Å². The lowest BCUT2D eigenvalue weighted by molar-refractivity contribution is -0.139.